The number of rotatable bonds is 6. The number of carbonyl (C=O) groups is 2. The summed E-state index contributed by atoms with van der Waals surface area (Å²) < 4.78 is 35.3. The highest BCUT2D eigenvalue weighted by Gasteiger charge is 2.39. The Kier molecular flexibility index (Phi) is 7.09. The Morgan fingerprint density at radius 3 is 2.64 bits per heavy atom. The topological polar surface area (TPSA) is 139 Å². The molecule has 2 aromatic carbocycles. The molecule has 2 aliphatic heterocycles. The van der Waals surface area contributed by atoms with Crippen LogP contribution in [0.5, 0.6) is 11.5 Å². The number of esters is 1. The molecule has 1 N–H and O–H groups in total. The molecule has 10 nitrogen and oxygen atoms in total. The summed E-state index contributed by atoms with van der Waals surface area (Å²) in [7, 11) is -3.62. The minimum Gasteiger partial charge on any atom is -0.490 e. The zero-order valence-electron chi connectivity index (χ0n) is 19.6. The van der Waals surface area contributed by atoms with E-state index in [1.165, 1.54) is 19.1 Å². The number of hydrogen-bond donors (Lipinski definition) is 1. The third-order valence-corrected chi connectivity index (χ3v) is 8.21. The third kappa shape index (κ3) is 5.09. The Bertz CT molecular complexity index is 1480. The van der Waals surface area contributed by atoms with E-state index in [2.05, 4.69) is 10.1 Å². The molecule has 0 radical (unpaired) electrons. The number of amides is 1. The lowest BCUT2D eigenvalue weighted by Crippen LogP contribution is -2.35. The van der Waals surface area contributed by atoms with E-state index in [9.17, 15) is 18.0 Å². The molecule has 12 heteroatoms. The SMILES string of the molecule is CCOc1cc(/C=C2\C(=N)N3N=C(S(=O)(=O)CC)SC3=NC2=O)ccc1OC(=O)c1cccc(C)c1. The number of hydrazone groups is 1. The Balaban J connectivity index is 1.63. The van der Waals surface area contributed by atoms with Gasteiger partial charge in [-0.1, -0.05) is 30.7 Å². The first kappa shape index (κ1) is 25.3. The predicted molar refractivity (Wildman–Crippen MR) is 138 cm³/mol. The maximum absolute atomic E-state index is 12.6. The normalized spacial score (nSPS) is 16.5. The van der Waals surface area contributed by atoms with Gasteiger partial charge in [0.25, 0.3) is 5.91 Å². The van der Waals surface area contributed by atoms with Crippen molar-refractivity contribution >= 4 is 54.9 Å². The number of ether oxygens (including phenoxy) is 2. The quantitative estimate of drug-likeness (QED) is 0.342. The highest BCUT2D eigenvalue weighted by molar-refractivity contribution is 8.42. The number of carbonyl (C=O) groups excluding carboxylic acids is 2. The second-order valence-electron chi connectivity index (χ2n) is 7.69. The number of amidine groups is 2. The maximum atomic E-state index is 12.6. The molecule has 0 atom stereocenters. The molecule has 0 bridgehead atoms. The largest absolute Gasteiger partial charge is 0.490 e. The van der Waals surface area contributed by atoms with Crippen LogP contribution in [0.25, 0.3) is 6.08 Å². The van der Waals surface area contributed by atoms with Gasteiger partial charge >= 0.3 is 5.97 Å². The van der Waals surface area contributed by atoms with Crippen molar-refractivity contribution in [3.8, 4) is 11.5 Å². The number of hydrogen-bond acceptors (Lipinski definition) is 9. The van der Waals surface area contributed by atoms with E-state index in [0.29, 0.717) is 17.7 Å². The standard InChI is InChI=1S/C24H22N4O6S2/c1-4-33-19-13-15(9-10-18(19)34-22(30)16-8-6-7-14(3)11-16)12-17-20(25)28-23(26-21(17)29)35-24(27-28)36(31,32)5-2/h6-13,25H,4-5H2,1-3H3/b17-12+,25-20?. The van der Waals surface area contributed by atoms with Crippen molar-refractivity contribution in [1.82, 2.24) is 5.01 Å². The van der Waals surface area contributed by atoms with E-state index < -0.39 is 21.7 Å². The zero-order valence-corrected chi connectivity index (χ0v) is 21.3. The van der Waals surface area contributed by atoms with Crippen molar-refractivity contribution in [3.63, 3.8) is 0 Å². The smallest absolute Gasteiger partial charge is 0.343 e. The van der Waals surface area contributed by atoms with Crippen LogP contribution in [-0.2, 0) is 14.6 Å². The predicted octanol–water partition coefficient (Wildman–Crippen LogP) is 3.62. The molecule has 0 aromatic heterocycles. The molecular weight excluding hydrogens is 504 g/mol. The van der Waals surface area contributed by atoms with Gasteiger partial charge in [-0.25, -0.2) is 13.2 Å². The van der Waals surface area contributed by atoms with Crippen LogP contribution in [0.1, 0.15) is 35.3 Å². The van der Waals surface area contributed by atoms with E-state index in [0.717, 1.165) is 22.3 Å². The summed E-state index contributed by atoms with van der Waals surface area (Å²) in [5.41, 5.74) is 1.72. The lowest BCUT2D eigenvalue weighted by Gasteiger charge is -2.20. The van der Waals surface area contributed by atoms with Gasteiger partial charge in [0.1, 0.15) is 0 Å². The van der Waals surface area contributed by atoms with Crippen LogP contribution in [-0.4, -0.2) is 53.0 Å². The number of benzene rings is 2. The summed E-state index contributed by atoms with van der Waals surface area (Å²) in [4.78, 5) is 29.1. The number of sulfone groups is 1. The Morgan fingerprint density at radius 2 is 1.94 bits per heavy atom. The number of aryl methyl sites for hydroxylation is 1. The van der Waals surface area contributed by atoms with E-state index in [1.807, 2.05) is 13.0 Å². The third-order valence-electron chi connectivity index (χ3n) is 5.12. The lowest BCUT2D eigenvalue weighted by atomic mass is 10.1. The molecule has 4 rings (SSSR count). The van der Waals surface area contributed by atoms with Crippen molar-refractivity contribution in [2.45, 2.75) is 20.8 Å². The van der Waals surface area contributed by atoms with E-state index >= 15 is 0 Å². The van der Waals surface area contributed by atoms with Crippen molar-refractivity contribution < 1.29 is 27.5 Å². The van der Waals surface area contributed by atoms with Crippen LogP contribution in [0, 0.1) is 12.3 Å². The summed E-state index contributed by atoms with van der Waals surface area (Å²) in [6.45, 7) is 5.43. The van der Waals surface area contributed by atoms with Crippen molar-refractivity contribution in [1.29, 1.82) is 5.41 Å². The van der Waals surface area contributed by atoms with E-state index in [4.69, 9.17) is 14.9 Å². The van der Waals surface area contributed by atoms with Crippen LogP contribution in [0.3, 0.4) is 0 Å². The number of thioether (sulfide) groups is 1. The molecule has 0 fully saturated rings. The van der Waals surface area contributed by atoms with Gasteiger partial charge in [-0.05, 0) is 61.5 Å². The molecule has 0 unspecified atom stereocenters. The Hall–Kier alpha value is -3.77. The highest BCUT2D eigenvalue weighted by Crippen LogP contribution is 2.33. The van der Waals surface area contributed by atoms with Crippen molar-refractivity contribution in [2.24, 2.45) is 10.1 Å². The van der Waals surface area contributed by atoms with E-state index in [1.54, 1.807) is 37.3 Å². The fourth-order valence-electron chi connectivity index (χ4n) is 3.29. The lowest BCUT2D eigenvalue weighted by molar-refractivity contribution is -0.114. The molecule has 2 aliphatic rings. The van der Waals surface area contributed by atoms with Crippen LogP contribution in [0.4, 0.5) is 0 Å². The Labute approximate surface area is 212 Å². The first-order valence-electron chi connectivity index (χ1n) is 10.9. The number of fused-ring (bicyclic) bond motifs is 1. The van der Waals surface area contributed by atoms with Gasteiger partial charge in [0.05, 0.1) is 23.5 Å². The summed E-state index contributed by atoms with van der Waals surface area (Å²) in [5.74, 6) is -1.23. The van der Waals surface area contributed by atoms with Gasteiger partial charge in [-0.2, -0.15) is 10.0 Å². The first-order chi connectivity index (χ1) is 17.1. The average Bonchev–Trinajstić information content (AvgIpc) is 3.28. The van der Waals surface area contributed by atoms with Crippen LogP contribution >= 0.6 is 11.8 Å². The second-order valence-corrected chi connectivity index (χ2v) is 11.1. The molecule has 0 aliphatic carbocycles. The van der Waals surface area contributed by atoms with Gasteiger partial charge in [0, 0.05) is 0 Å². The minimum atomic E-state index is -3.62. The molecule has 1 amide bonds. The monoisotopic (exact) mass is 526 g/mol. The van der Waals surface area contributed by atoms with Gasteiger partial charge < -0.3 is 9.47 Å². The fourth-order valence-corrected chi connectivity index (χ4v) is 5.45. The fraction of sp³-hybridized carbons (Fsp3) is 0.208. The number of nitrogens with one attached hydrogen (secondary N) is 1. The Morgan fingerprint density at radius 1 is 1.17 bits per heavy atom. The summed E-state index contributed by atoms with van der Waals surface area (Å²) in [6.07, 6.45) is 1.42. The molecule has 2 heterocycles. The van der Waals surface area contributed by atoms with Crippen molar-refractivity contribution in [2.75, 3.05) is 12.4 Å². The summed E-state index contributed by atoms with van der Waals surface area (Å²) in [6, 6.07) is 11.7. The van der Waals surface area contributed by atoms with Crippen LogP contribution in [0.2, 0.25) is 0 Å². The molecular formula is C24H22N4O6S2. The number of aliphatic imine (C=N–C) groups is 1. The zero-order chi connectivity index (χ0) is 26.0. The van der Waals surface area contributed by atoms with Crippen LogP contribution < -0.4 is 9.47 Å². The first-order valence-corrected chi connectivity index (χ1v) is 13.4. The molecule has 2 aromatic rings. The van der Waals surface area contributed by atoms with E-state index in [-0.39, 0.29) is 38.2 Å². The maximum Gasteiger partial charge on any atom is 0.343 e. The van der Waals surface area contributed by atoms with Gasteiger partial charge in [0.15, 0.2) is 17.3 Å². The highest BCUT2D eigenvalue weighted by atomic mass is 32.3. The average molecular weight is 527 g/mol. The van der Waals surface area contributed by atoms with Gasteiger partial charge in [-0.15, -0.1) is 5.10 Å². The molecule has 0 saturated heterocycles. The molecule has 36 heavy (non-hydrogen) atoms. The molecule has 0 saturated carbocycles. The summed E-state index contributed by atoms with van der Waals surface area (Å²) in [5, 5.41) is 13.5. The van der Waals surface area contributed by atoms with Gasteiger partial charge in [0.2, 0.25) is 19.4 Å². The number of nitrogens with zero attached hydrogens (tertiary/aromatic N) is 3. The van der Waals surface area contributed by atoms with Gasteiger partial charge in [-0.3, -0.25) is 10.2 Å². The second kappa shape index (κ2) is 10.1. The minimum absolute atomic E-state index is 0.0163. The van der Waals surface area contributed by atoms with Crippen LogP contribution in [0.15, 0.2) is 58.1 Å². The van der Waals surface area contributed by atoms with Crippen molar-refractivity contribution in [3.05, 3.63) is 64.7 Å². The molecule has 0 spiro atoms. The summed E-state index contributed by atoms with van der Waals surface area (Å²) >= 11 is 0.738. The molecule has 186 valence electrons.